The van der Waals surface area contributed by atoms with E-state index in [0.717, 1.165) is 5.56 Å². The van der Waals surface area contributed by atoms with Gasteiger partial charge in [-0.15, -0.1) is 0 Å². The van der Waals surface area contributed by atoms with Crippen LogP contribution in [-0.4, -0.2) is 69.2 Å². The summed E-state index contributed by atoms with van der Waals surface area (Å²) in [5, 5.41) is 0. The molecule has 0 aromatic heterocycles. The van der Waals surface area contributed by atoms with Crippen molar-refractivity contribution in [2.75, 3.05) is 45.6 Å². The second-order valence-corrected chi connectivity index (χ2v) is 7.40. The molecule has 0 saturated carbocycles. The maximum absolute atomic E-state index is 12.5. The van der Waals surface area contributed by atoms with Crippen LogP contribution >= 0.6 is 0 Å². The molecule has 1 aliphatic heterocycles. The van der Waals surface area contributed by atoms with Gasteiger partial charge in [-0.2, -0.15) is 4.31 Å². The molecule has 1 heterocycles. The van der Waals surface area contributed by atoms with E-state index >= 15 is 0 Å². The van der Waals surface area contributed by atoms with E-state index in [0.29, 0.717) is 31.7 Å². The van der Waals surface area contributed by atoms with Crippen LogP contribution in [0.5, 0.6) is 0 Å². The van der Waals surface area contributed by atoms with Crippen molar-refractivity contribution in [2.24, 2.45) is 0 Å². The number of sulfonamides is 1. The fraction of sp³-hybridized carbons (Fsp3) is 0.533. The Morgan fingerprint density at radius 2 is 1.82 bits per heavy atom. The lowest BCUT2D eigenvalue weighted by atomic mass is 10.1. The molecule has 2 rings (SSSR count). The first-order chi connectivity index (χ1) is 10.5. The van der Waals surface area contributed by atoms with Gasteiger partial charge < -0.3 is 9.64 Å². The normalized spacial score (nSPS) is 16.7. The number of hydrogen-bond acceptors (Lipinski definition) is 4. The van der Waals surface area contributed by atoms with Gasteiger partial charge in [-0.1, -0.05) is 18.2 Å². The van der Waals surface area contributed by atoms with Gasteiger partial charge in [0.1, 0.15) is 0 Å². The fourth-order valence-corrected chi connectivity index (χ4v) is 3.83. The van der Waals surface area contributed by atoms with Gasteiger partial charge in [0.15, 0.2) is 0 Å². The Morgan fingerprint density at radius 1 is 1.18 bits per heavy atom. The monoisotopic (exact) mass is 326 g/mol. The van der Waals surface area contributed by atoms with Crippen LogP contribution in [0, 0.1) is 6.92 Å². The molecule has 1 aliphatic rings. The van der Waals surface area contributed by atoms with Crippen molar-refractivity contribution in [3.05, 3.63) is 35.4 Å². The molecule has 0 aliphatic carbocycles. The third kappa shape index (κ3) is 3.85. The Kier molecular flexibility index (Phi) is 5.55. The Hall–Kier alpha value is -1.44. The number of amides is 1. The minimum atomic E-state index is -3.30. The Morgan fingerprint density at radius 3 is 2.41 bits per heavy atom. The highest BCUT2D eigenvalue weighted by Gasteiger charge is 2.29. The molecule has 1 fully saturated rings. The molecular weight excluding hydrogens is 304 g/mol. The van der Waals surface area contributed by atoms with E-state index < -0.39 is 10.0 Å². The molecule has 0 radical (unpaired) electrons. The highest BCUT2D eigenvalue weighted by molar-refractivity contribution is 7.89. The molecule has 1 amide bonds. The molecule has 0 atom stereocenters. The Balaban J connectivity index is 1.98. The first-order valence-electron chi connectivity index (χ1n) is 7.27. The second-order valence-electron chi connectivity index (χ2n) is 5.31. The van der Waals surface area contributed by atoms with Gasteiger partial charge in [-0.05, 0) is 18.6 Å². The van der Waals surface area contributed by atoms with E-state index in [1.807, 2.05) is 25.1 Å². The number of piperazine rings is 1. The Bertz CT molecular complexity index is 622. The van der Waals surface area contributed by atoms with E-state index in [1.54, 1.807) is 11.0 Å². The number of benzene rings is 1. The van der Waals surface area contributed by atoms with Crippen molar-refractivity contribution in [3.8, 4) is 0 Å². The Labute approximate surface area is 131 Å². The van der Waals surface area contributed by atoms with Crippen molar-refractivity contribution in [1.82, 2.24) is 9.21 Å². The number of nitrogens with zero attached hydrogens (tertiary/aromatic N) is 2. The predicted molar refractivity (Wildman–Crippen MR) is 84.3 cm³/mol. The first-order valence-corrected chi connectivity index (χ1v) is 8.88. The average Bonchev–Trinajstić information content (AvgIpc) is 2.53. The summed E-state index contributed by atoms with van der Waals surface area (Å²) in [6.07, 6.45) is 0. The molecule has 1 aromatic carbocycles. The fourth-order valence-electron chi connectivity index (χ4n) is 2.47. The molecule has 0 N–H and O–H groups in total. The van der Waals surface area contributed by atoms with Crippen LogP contribution in [0.1, 0.15) is 15.9 Å². The van der Waals surface area contributed by atoms with Crippen LogP contribution in [0.3, 0.4) is 0 Å². The number of methoxy groups -OCH3 is 1. The first kappa shape index (κ1) is 16.9. The second kappa shape index (κ2) is 7.21. The molecule has 0 bridgehead atoms. The standard InChI is InChI=1S/C15H22N2O4S/c1-13-5-3-4-6-14(13)15(18)16-7-9-17(10-8-16)22(19,20)12-11-21-2/h3-6H,7-12H2,1-2H3. The SMILES string of the molecule is COCCS(=O)(=O)N1CCN(C(=O)c2ccccc2C)CC1. The largest absolute Gasteiger partial charge is 0.384 e. The summed E-state index contributed by atoms with van der Waals surface area (Å²) in [7, 11) is -1.82. The summed E-state index contributed by atoms with van der Waals surface area (Å²) in [6.45, 7) is 3.59. The van der Waals surface area contributed by atoms with Gasteiger partial charge in [-0.25, -0.2) is 8.42 Å². The summed E-state index contributed by atoms with van der Waals surface area (Å²) < 4.78 is 30.4. The molecule has 6 nitrogen and oxygen atoms in total. The summed E-state index contributed by atoms with van der Waals surface area (Å²) >= 11 is 0. The smallest absolute Gasteiger partial charge is 0.254 e. The van der Waals surface area contributed by atoms with Crippen LogP contribution in [0.4, 0.5) is 0 Å². The third-order valence-electron chi connectivity index (χ3n) is 3.84. The zero-order chi connectivity index (χ0) is 16.2. The molecule has 0 spiro atoms. The topological polar surface area (TPSA) is 66.9 Å². The summed E-state index contributed by atoms with van der Waals surface area (Å²) in [5.74, 6) is -0.0538. The van der Waals surface area contributed by atoms with Crippen molar-refractivity contribution < 1.29 is 17.9 Å². The maximum atomic E-state index is 12.5. The highest BCUT2D eigenvalue weighted by atomic mass is 32.2. The molecule has 22 heavy (non-hydrogen) atoms. The van der Waals surface area contributed by atoms with Gasteiger partial charge in [0.2, 0.25) is 10.0 Å². The molecular formula is C15H22N2O4S. The number of carbonyl (C=O) groups is 1. The van der Waals surface area contributed by atoms with E-state index in [9.17, 15) is 13.2 Å². The van der Waals surface area contributed by atoms with Crippen molar-refractivity contribution in [3.63, 3.8) is 0 Å². The van der Waals surface area contributed by atoms with E-state index in [4.69, 9.17) is 4.74 Å². The van der Waals surface area contributed by atoms with Crippen molar-refractivity contribution in [1.29, 1.82) is 0 Å². The van der Waals surface area contributed by atoms with Gasteiger partial charge >= 0.3 is 0 Å². The summed E-state index contributed by atoms with van der Waals surface area (Å²) in [5.41, 5.74) is 1.61. The van der Waals surface area contributed by atoms with Crippen molar-refractivity contribution >= 4 is 15.9 Å². The molecule has 0 unspecified atom stereocenters. The molecule has 122 valence electrons. The average molecular weight is 326 g/mol. The lowest BCUT2D eigenvalue weighted by Gasteiger charge is -2.34. The van der Waals surface area contributed by atoms with Gasteiger partial charge in [0, 0.05) is 38.9 Å². The highest BCUT2D eigenvalue weighted by Crippen LogP contribution is 2.14. The van der Waals surface area contributed by atoms with Gasteiger partial charge in [0.25, 0.3) is 5.91 Å². The number of aryl methyl sites for hydroxylation is 1. The van der Waals surface area contributed by atoms with Crippen molar-refractivity contribution in [2.45, 2.75) is 6.92 Å². The zero-order valence-electron chi connectivity index (χ0n) is 13.0. The van der Waals surface area contributed by atoms with Crippen LogP contribution < -0.4 is 0 Å². The van der Waals surface area contributed by atoms with E-state index in [2.05, 4.69) is 0 Å². The zero-order valence-corrected chi connectivity index (χ0v) is 13.8. The van der Waals surface area contributed by atoms with Crippen LogP contribution in [-0.2, 0) is 14.8 Å². The number of hydrogen-bond donors (Lipinski definition) is 0. The third-order valence-corrected chi connectivity index (χ3v) is 5.67. The summed E-state index contributed by atoms with van der Waals surface area (Å²) in [4.78, 5) is 14.2. The number of carbonyl (C=O) groups excluding carboxylic acids is 1. The number of ether oxygens (including phenoxy) is 1. The van der Waals surface area contributed by atoms with E-state index in [-0.39, 0.29) is 18.3 Å². The molecule has 1 saturated heterocycles. The minimum absolute atomic E-state index is 0.0186. The number of rotatable bonds is 5. The quantitative estimate of drug-likeness (QED) is 0.800. The van der Waals surface area contributed by atoms with Gasteiger partial charge in [0.05, 0.1) is 12.4 Å². The predicted octanol–water partition coefficient (Wildman–Crippen LogP) is 0.729. The minimum Gasteiger partial charge on any atom is -0.384 e. The molecule has 1 aromatic rings. The van der Waals surface area contributed by atoms with Crippen LogP contribution in [0.25, 0.3) is 0 Å². The van der Waals surface area contributed by atoms with Gasteiger partial charge in [-0.3, -0.25) is 4.79 Å². The lowest BCUT2D eigenvalue weighted by Crippen LogP contribution is -2.51. The maximum Gasteiger partial charge on any atom is 0.254 e. The summed E-state index contributed by atoms with van der Waals surface area (Å²) in [6, 6.07) is 7.44. The molecule has 7 heteroatoms. The van der Waals surface area contributed by atoms with E-state index in [1.165, 1.54) is 11.4 Å². The lowest BCUT2D eigenvalue weighted by molar-refractivity contribution is 0.0696. The van der Waals surface area contributed by atoms with Crippen LogP contribution in [0.2, 0.25) is 0 Å². The van der Waals surface area contributed by atoms with Crippen LogP contribution in [0.15, 0.2) is 24.3 Å².